The van der Waals surface area contributed by atoms with Crippen molar-refractivity contribution in [2.45, 2.75) is 71.9 Å². The lowest BCUT2D eigenvalue weighted by Crippen LogP contribution is -2.54. The van der Waals surface area contributed by atoms with E-state index in [9.17, 15) is 19.2 Å². The number of carbonyl (C=O) groups excluding carboxylic acids is 4. The van der Waals surface area contributed by atoms with Crippen LogP contribution < -0.4 is 5.32 Å². The van der Waals surface area contributed by atoms with E-state index in [-0.39, 0.29) is 17.6 Å². The molecule has 0 aromatic carbocycles. The molecule has 3 amide bonds. The summed E-state index contributed by atoms with van der Waals surface area (Å²) in [6, 6.07) is 1.23. The van der Waals surface area contributed by atoms with Gasteiger partial charge >= 0.3 is 12.0 Å². The molecule has 8 heteroatoms. The molecule has 164 valence electrons. The van der Waals surface area contributed by atoms with Gasteiger partial charge in [-0.3, -0.25) is 19.3 Å². The van der Waals surface area contributed by atoms with Crippen molar-refractivity contribution in [2.24, 2.45) is 5.92 Å². The fourth-order valence-electron chi connectivity index (χ4n) is 4.69. The molecule has 1 aliphatic heterocycles. The lowest BCUT2D eigenvalue weighted by molar-refractivity contribution is -0.147. The molecule has 2 fully saturated rings. The van der Waals surface area contributed by atoms with Crippen LogP contribution in [0.15, 0.2) is 6.07 Å². The number of esters is 1. The Morgan fingerprint density at radius 1 is 1.27 bits per heavy atom. The van der Waals surface area contributed by atoms with Crippen molar-refractivity contribution in [1.82, 2.24) is 14.8 Å². The minimum Gasteiger partial charge on any atom is -0.456 e. The number of urea groups is 1. The summed E-state index contributed by atoms with van der Waals surface area (Å²) in [5, 5.41) is 2.80. The number of amides is 3. The van der Waals surface area contributed by atoms with Crippen molar-refractivity contribution in [3.63, 3.8) is 0 Å². The highest BCUT2D eigenvalue weighted by Gasteiger charge is 2.55. The van der Waals surface area contributed by atoms with Crippen molar-refractivity contribution < 1.29 is 23.9 Å². The molecule has 2 aliphatic rings. The Labute approximate surface area is 176 Å². The average Bonchev–Trinajstić information content (AvgIpc) is 3.12. The number of imide groups is 1. The van der Waals surface area contributed by atoms with Gasteiger partial charge in [-0.15, -0.1) is 0 Å². The van der Waals surface area contributed by atoms with Crippen LogP contribution in [0.4, 0.5) is 4.79 Å². The summed E-state index contributed by atoms with van der Waals surface area (Å²) < 4.78 is 7.17. The van der Waals surface area contributed by atoms with Crippen molar-refractivity contribution in [3.8, 4) is 0 Å². The van der Waals surface area contributed by atoms with Crippen LogP contribution in [0, 0.1) is 19.8 Å². The Hall–Kier alpha value is -2.64. The van der Waals surface area contributed by atoms with Crippen molar-refractivity contribution in [1.29, 1.82) is 0 Å². The molecular formula is C22H31N3O5. The monoisotopic (exact) mass is 417 g/mol. The second-order valence-electron chi connectivity index (χ2n) is 8.46. The summed E-state index contributed by atoms with van der Waals surface area (Å²) in [6.45, 7) is 7.74. The van der Waals surface area contributed by atoms with Crippen molar-refractivity contribution in [2.75, 3.05) is 13.2 Å². The van der Waals surface area contributed by atoms with Gasteiger partial charge in [-0.05, 0) is 45.1 Å². The molecule has 1 aromatic heterocycles. The Morgan fingerprint density at radius 3 is 2.67 bits per heavy atom. The molecule has 1 saturated carbocycles. The highest BCUT2D eigenvalue weighted by atomic mass is 16.5. The Kier molecular flexibility index (Phi) is 6.33. The quantitative estimate of drug-likeness (QED) is 0.418. The first kappa shape index (κ1) is 22.1. The van der Waals surface area contributed by atoms with E-state index in [1.165, 1.54) is 0 Å². The smallest absolute Gasteiger partial charge is 0.326 e. The third-order valence-electron chi connectivity index (χ3n) is 6.47. The second kappa shape index (κ2) is 8.62. The fourth-order valence-corrected chi connectivity index (χ4v) is 4.69. The van der Waals surface area contributed by atoms with Gasteiger partial charge in [0.15, 0.2) is 6.61 Å². The van der Waals surface area contributed by atoms with E-state index in [1.54, 1.807) is 6.07 Å². The number of nitrogens with zero attached hydrogens (tertiary/aromatic N) is 2. The van der Waals surface area contributed by atoms with E-state index in [2.05, 4.69) is 16.8 Å². The third-order valence-corrected chi connectivity index (χ3v) is 6.47. The van der Waals surface area contributed by atoms with Crippen molar-refractivity contribution >= 4 is 23.7 Å². The Bertz CT molecular complexity index is 874. The number of aryl methyl sites for hydroxylation is 1. The van der Waals surface area contributed by atoms with Crippen LogP contribution in [0.5, 0.6) is 0 Å². The molecular weight excluding hydrogens is 386 g/mol. The predicted octanol–water partition coefficient (Wildman–Crippen LogP) is 2.74. The standard InChI is InChI=1S/C22H31N3O5/c1-5-10-24-15(3)11-17(16(24)4)18(26)13-30-19(27)12-25-20(28)22(23-21(25)29)9-7-6-8-14(22)2/h11,14H,5-10,12-13H2,1-4H3,(H,23,29)/t14-,22-/m1/s1. The van der Waals surface area contributed by atoms with E-state index in [0.29, 0.717) is 12.0 Å². The fraction of sp³-hybridized carbons (Fsp3) is 0.636. The summed E-state index contributed by atoms with van der Waals surface area (Å²) in [5.41, 5.74) is 1.44. The molecule has 2 heterocycles. The number of hydrogen-bond donors (Lipinski definition) is 1. The molecule has 1 aromatic rings. The van der Waals surface area contributed by atoms with E-state index >= 15 is 0 Å². The van der Waals surface area contributed by atoms with Crippen LogP contribution in [0.2, 0.25) is 0 Å². The maximum absolute atomic E-state index is 12.9. The molecule has 30 heavy (non-hydrogen) atoms. The van der Waals surface area contributed by atoms with Crippen LogP contribution in [0.25, 0.3) is 0 Å². The van der Waals surface area contributed by atoms with Crippen LogP contribution in [0.1, 0.15) is 67.7 Å². The first-order chi connectivity index (χ1) is 14.2. The van der Waals surface area contributed by atoms with Gasteiger partial charge in [0.05, 0.1) is 0 Å². The summed E-state index contributed by atoms with van der Waals surface area (Å²) in [7, 11) is 0. The zero-order valence-electron chi connectivity index (χ0n) is 18.2. The molecule has 2 atom stereocenters. The molecule has 1 saturated heterocycles. The lowest BCUT2D eigenvalue weighted by Gasteiger charge is -2.36. The molecule has 1 aliphatic carbocycles. The molecule has 0 bridgehead atoms. The van der Waals surface area contributed by atoms with Gasteiger partial charge in [-0.2, -0.15) is 0 Å². The zero-order chi connectivity index (χ0) is 22.1. The number of Topliss-reactive ketones (excluding diaryl/α,β-unsaturated/α-hetero) is 1. The van der Waals surface area contributed by atoms with Gasteiger partial charge in [0.2, 0.25) is 5.78 Å². The van der Waals surface area contributed by atoms with Gasteiger partial charge < -0.3 is 14.6 Å². The molecule has 3 rings (SSSR count). The number of aromatic nitrogens is 1. The minimum absolute atomic E-state index is 0.0173. The number of rotatable bonds is 7. The molecule has 1 N–H and O–H groups in total. The zero-order valence-corrected chi connectivity index (χ0v) is 18.2. The van der Waals surface area contributed by atoms with E-state index in [1.807, 2.05) is 20.8 Å². The molecule has 0 unspecified atom stereocenters. The van der Waals surface area contributed by atoms with E-state index in [4.69, 9.17) is 4.74 Å². The number of nitrogens with one attached hydrogen (secondary N) is 1. The first-order valence-electron chi connectivity index (χ1n) is 10.7. The van der Waals surface area contributed by atoms with Crippen LogP contribution in [-0.4, -0.2) is 51.8 Å². The highest BCUT2D eigenvalue weighted by Crippen LogP contribution is 2.38. The van der Waals surface area contributed by atoms with Gasteiger partial charge in [-0.1, -0.05) is 26.7 Å². The first-order valence-corrected chi connectivity index (χ1v) is 10.7. The van der Waals surface area contributed by atoms with Crippen LogP contribution in [-0.2, 0) is 20.9 Å². The second-order valence-corrected chi connectivity index (χ2v) is 8.46. The Balaban J connectivity index is 1.60. The van der Waals surface area contributed by atoms with Gasteiger partial charge in [0.1, 0.15) is 12.1 Å². The van der Waals surface area contributed by atoms with Gasteiger partial charge in [-0.25, -0.2) is 4.79 Å². The van der Waals surface area contributed by atoms with Crippen LogP contribution >= 0.6 is 0 Å². The third kappa shape index (κ3) is 3.87. The largest absolute Gasteiger partial charge is 0.456 e. The topological polar surface area (TPSA) is 97.7 Å². The Morgan fingerprint density at radius 2 is 2.00 bits per heavy atom. The lowest BCUT2D eigenvalue weighted by atomic mass is 9.73. The van der Waals surface area contributed by atoms with E-state index in [0.717, 1.165) is 48.5 Å². The average molecular weight is 418 g/mol. The number of ether oxygens (including phenoxy) is 1. The van der Waals surface area contributed by atoms with Gasteiger partial charge in [0, 0.05) is 23.5 Å². The normalized spacial score (nSPS) is 23.7. The number of hydrogen-bond acceptors (Lipinski definition) is 5. The predicted molar refractivity (Wildman–Crippen MR) is 110 cm³/mol. The number of ketones is 1. The number of carbonyl (C=O) groups is 4. The summed E-state index contributed by atoms with van der Waals surface area (Å²) in [5.74, 6) is -1.42. The molecule has 1 spiro atoms. The van der Waals surface area contributed by atoms with Gasteiger partial charge in [0.25, 0.3) is 5.91 Å². The maximum Gasteiger partial charge on any atom is 0.326 e. The summed E-state index contributed by atoms with van der Waals surface area (Å²) in [6.07, 6.45) is 4.27. The van der Waals surface area contributed by atoms with Crippen molar-refractivity contribution in [3.05, 3.63) is 23.0 Å². The van der Waals surface area contributed by atoms with Crippen LogP contribution in [0.3, 0.4) is 0 Å². The molecule has 0 radical (unpaired) electrons. The highest BCUT2D eigenvalue weighted by molar-refractivity contribution is 6.09. The SMILES string of the molecule is CCCn1c(C)cc(C(=O)COC(=O)CN2C(=O)N[C@@]3(CCCC[C@H]3C)C2=O)c1C. The maximum atomic E-state index is 12.9. The molecule has 8 nitrogen and oxygen atoms in total. The summed E-state index contributed by atoms with van der Waals surface area (Å²) >= 11 is 0. The minimum atomic E-state index is -0.914. The van der Waals surface area contributed by atoms with E-state index < -0.39 is 30.7 Å². The summed E-state index contributed by atoms with van der Waals surface area (Å²) in [4.78, 5) is 51.0.